The molecule has 2 fully saturated rings. The maximum Gasteiger partial charge on any atom is 0.306 e. The number of esters is 1. The quantitative estimate of drug-likeness (QED) is 0.0175. The van der Waals surface area contributed by atoms with Crippen LogP contribution in [-0.4, -0.2) is 142 Å². The third-order valence-electron chi connectivity index (χ3n) is 11.8. The predicted octanol–water partition coefficient (Wildman–Crippen LogP) is 8.24. The van der Waals surface area contributed by atoms with Crippen LogP contribution in [0, 0.1) is 0 Å². The first-order chi connectivity index (χ1) is 34.1. The summed E-state index contributed by atoms with van der Waals surface area (Å²) in [5.41, 5.74) is 0. The second kappa shape index (κ2) is 42.4. The average Bonchev–Trinajstić information content (AvgIpc) is 3.36. The Morgan fingerprint density at radius 3 is 1.46 bits per heavy atom. The molecule has 11 unspecified atom stereocenters. The molecular weight excluding hydrogens is 897 g/mol. The van der Waals surface area contributed by atoms with Gasteiger partial charge < -0.3 is 64.2 Å². The van der Waals surface area contributed by atoms with Crippen LogP contribution in [0.2, 0.25) is 0 Å². The summed E-state index contributed by atoms with van der Waals surface area (Å²) < 4.78 is 34.2. The van der Waals surface area contributed by atoms with Crippen LogP contribution < -0.4 is 0 Å². The van der Waals surface area contributed by atoms with Crippen molar-refractivity contribution in [1.82, 2.24) is 0 Å². The predicted molar refractivity (Wildman–Crippen MR) is 274 cm³/mol. The van der Waals surface area contributed by atoms with E-state index >= 15 is 0 Å². The van der Waals surface area contributed by atoms with Crippen molar-refractivity contribution in [2.24, 2.45) is 0 Å². The van der Waals surface area contributed by atoms with E-state index in [4.69, 9.17) is 28.4 Å². The minimum Gasteiger partial charge on any atom is -0.457 e. The van der Waals surface area contributed by atoms with Gasteiger partial charge in [0, 0.05) is 13.0 Å². The van der Waals surface area contributed by atoms with Crippen molar-refractivity contribution in [1.29, 1.82) is 0 Å². The van der Waals surface area contributed by atoms with Gasteiger partial charge in [0.15, 0.2) is 12.6 Å². The first-order valence-electron chi connectivity index (χ1n) is 26.3. The Hall–Kier alpha value is -3.09. The highest BCUT2D eigenvalue weighted by atomic mass is 16.7. The molecule has 0 saturated carbocycles. The molecule has 11 atom stereocenters. The van der Waals surface area contributed by atoms with Gasteiger partial charge in [0.25, 0.3) is 0 Å². The lowest BCUT2D eigenvalue weighted by Gasteiger charge is -2.42. The first kappa shape index (κ1) is 63.0. The van der Waals surface area contributed by atoms with Crippen molar-refractivity contribution < 1.29 is 69.0 Å². The maximum absolute atomic E-state index is 13.0. The lowest BCUT2D eigenvalue weighted by atomic mass is 9.98. The van der Waals surface area contributed by atoms with Gasteiger partial charge in [-0.25, -0.2) is 0 Å². The van der Waals surface area contributed by atoms with Crippen molar-refractivity contribution >= 4 is 5.97 Å². The molecule has 0 aromatic carbocycles. The fourth-order valence-electron chi connectivity index (χ4n) is 7.57. The average molecular weight is 989 g/mol. The third-order valence-corrected chi connectivity index (χ3v) is 11.8. The summed E-state index contributed by atoms with van der Waals surface area (Å²) in [5, 5.41) is 72.2. The van der Waals surface area contributed by atoms with Gasteiger partial charge in [-0.05, 0) is 89.9 Å². The van der Waals surface area contributed by atoms with Gasteiger partial charge in [-0.1, -0.05) is 150 Å². The molecule has 2 rings (SSSR count). The van der Waals surface area contributed by atoms with Crippen molar-refractivity contribution in [2.45, 2.75) is 216 Å². The molecule has 7 N–H and O–H groups in total. The van der Waals surface area contributed by atoms with Crippen molar-refractivity contribution in [3.8, 4) is 0 Å². The Balaban J connectivity index is 1.80. The van der Waals surface area contributed by atoms with Crippen LogP contribution in [0.25, 0.3) is 0 Å². The van der Waals surface area contributed by atoms with Gasteiger partial charge in [0.1, 0.15) is 54.9 Å². The number of aliphatic hydroxyl groups excluding tert-OH is 7. The van der Waals surface area contributed by atoms with Crippen LogP contribution in [0.5, 0.6) is 0 Å². The number of allylic oxidation sites excluding steroid dienone is 16. The largest absolute Gasteiger partial charge is 0.457 e. The SMILES string of the molecule is CC/C=C\C/C=C\C/C=C\C/C=C\C/C=C\C/C=C\CCCOCC(COC1OC(COC2OC(CO)C(O)C(O)C2O)C(O)C(O)C1O)OC(=O)CCCCCCC/C=C\C/C=C\CCCCCC. The molecule has 400 valence electrons. The lowest BCUT2D eigenvalue weighted by molar-refractivity contribution is -0.332. The molecule has 0 amide bonds. The zero-order valence-electron chi connectivity index (χ0n) is 42.5. The van der Waals surface area contributed by atoms with E-state index in [-0.39, 0.29) is 19.6 Å². The minimum atomic E-state index is -1.73. The summed E-state index contributed by atoms with van der Waals surface area (Å²) in [4.78, 5) is 13.0. The van der Waals surface area contributed by atoms with E-state index in [9.17, 15) is 40.5 Å². The first-order valence-corrected chi connectivity index (χ1v) is 26.3. The number of ether oxygens (including phenoxy) is 6. The summed E-state index contributed by atoms with van der Waals surface area (Å²) >= 11 is 0. The molecule has 0 bridgehead atoms. The second-order valence-corrected chi connectivity index (χ2v) is 18.0. The number of hydrogen-bond acceptors (Lipinski definition) is 14. The molecule has 2 aliphatic rings. The number of rotatable bonds is 40. The van der Waals surface area contributed by atoms with Crippen molar-refractivity contribution in [2.75, 3.05) is 33.0 Å². The van der Waals surface area contributed by atoms with Gasteiger partial charge in [0.2, 0.25) is 0 Å². The number of aliphatic hydroxyl groups is 7. The van der Waals surface area contributed by atoms with E-state index in [0.29, 0.717) is 13.0 Å². The Bertz CT molecular complexity index is 1520. The zero-order chi connectivity index (χ0) is 50.9. The molecule has 0 aromatic heterocycles. The summed E-state index contributed by atoms with van der Waals surface area (Å²) in [6, 6.07) is 0. The third kappa shape index (κ3) is 29.4. The van der Waals surface area contributed by atoms with Crippen molar-refractivity contribution in [3.05, 3.63) is 97.2 Å². The van der Waals surface area contributed by atoms with Crippen LogP contribution in [0.4, 0.5) is 0 Å². The van der Waals surface area contributed by atoms with E-state index in [0.717, 1.165) is 96.3 Å². The lowest BCUT2D eigenvalue weighted by Crippen LogP contribution is -2.61. The van der Waals surface area contributed by atoms with Gasteiger partial charge in [-0.15, -0.1) is 0 Å². The Kier molecular flexibility index (Phi) is 38.2. The van der Waals surface area contributed by atoms with E-state index in [1.54, 1.807) is 0 Å². The fourth-order valence-corrected chi connectivity index (χ4v) is 7.57. The standard InChI is InChI=1S/C56H92O14/c1-3-5-7-9-11-13-15-17-19-21-22-23-24-26-28-30-32-34-36-38-40-65-42-45(68-48(58)39-37-35-33-31-29-27-25-20-18-16-14-12-10-8-6-4-2)43-66-55-54(64)52(62)50(60)47(70-55)44-67-56-53(63)51(61)49(59)46(41-57)69-56/h5,7,11,13-14,16-17,19-20,22-23,25-26,28,32,34,45-47,49-57,59-64H,3-4,6,8-10,12,15,18,21,24,27,29-31,33,35-44H2,1-2H3/b7-5-,13-11-,16-14-,19-17-,23-22-,25-20-,28-26-,34-32-. The Morgan fingerprint density at radius 1 is 0.486 bits per heavy atom. The Morgan fingerprint density at radius 2 is 0.929 bits per heavy atom. The van der Waals surface area contributed by atoms with Gasteiger partial charge in [-0.2, -0.15) is 0 Å². The van der Waals surface area contributed by atoms with Crippen molar-refractivity contribution in [3.63, 3.8) is 0 Å². The minimum absolute atomic E-state index is 0.00933. The molecule has 2 heterocycles. The normalized spacial score (nSPS) is 26.3. The second-order valence-electron chi connectivity index (χ2n) is 18.0. The number of carbonyl (C=O) groups is 1. The molecule has 0 spiro atoms. The van der Waals surface area contributed by atoms with E-state index < -0.39 is 86.7 Å². The summed E-state index contributed by atoms with van der Waals surface area (Å²) in [6.45, 7) is 3.35. The van der Waals surface area contributed by atoms with Crippen LogP contribution in [0.1, 0.15) is 149 Å². The molecule has 0 aliphatic carbocycles. The highest BCUT2D eigenvalue weighted by Crippen LogP contribution is 2.26. The molecule has 14 heteroatoms. The topological polar surface area (TPSA) is 214 Å². The molecule has 2 saturated heterocycles. The van der Waals surface area contributed by atoms with E-state index in [1.165, 1.54) is 25.7 Å². The molecule has 0 aromatic rings. The summed E-state index contributed by atoms with van der Waals surface area (Å²) in [7, 11) is 0. The number of unbranched alkanes of at least 4 members (excludes halogenated alkanes) is 10. The molecule has 0 radical (unpaired) electrons. The van der Waals surface area contributed by atoms with Gasteiger partial charge in [-0.3, -0.25) is 4.79 Å². The maximum atomic E-state index is 13.0. The molecule has 14 nitrogen and oxygen atoms in total. The fraction of sp³-hybridized carbons (Fsp3) is 0.696. The van der Waals surface area contributed by atoms with Crippen LogP contribution >= 0.6 is 0 Å². The van der Waals surface area contributed by atoms with E-state index in [1.807, 2.05) is 0 Å². The summed E-state index contributed by atoms with van der Waals surface area (Å²) in [5.74, 6) is -0.414. The van der Waals surface area contributed by atoms with Crippen LogP contribution in [0.15, 0.2) is 97.2 Å². The highest BCUT2D eigenvalue weighted by molar-refractivity contribution is 5.69. The monoisotopic (exact) mass is 989 g/mol. The van der Waals surface area contributed by atoms with Crippen LogP contribution in [0.3, 0.4) is 0 Å². The molecular formula is C56H92O14. The number of carbonyl (C=O) groups excluding carboxylic acids is 1. The summed E-state index contributed by atoms with van der Waals surface area (Å²) in [6.07, 6.45) is 39.0. The number of hydrogen-bond donors (Lipinski definition) is 7. The van der Waals surface area contributed by atoms with Crippen LogP contribution in [-0.2, 0) is 33.2 Å². The van der Waals surface area contributed by atoms with Gasteiger partial charge in [0.05, 0.1) is 26.4 Å². The molecule has 70 heavy (non-hydrogen) atoms. The zero-order valence-corrected chi connectivity index (χ0v) is 42.5. The smallest absolute Gasteiger partial charge is 0.306 e. The Labute approximate surface area is 420 Å². The van der Waals surface area contributed by atoms with Gasteiger partial charge >= 0.3 is 5.97 Å². The van der Waals surface area contributed by atoms with E-state index in [2.05, 4.69) is 111 Å². The molecule has 2 aliphatic heterocycles. The highest BCUT2D eigenvalue weighted by Gasteiger charge is 2.47.